The first-order chi connectivity index (χ1) is 14.5. The molecule has 0 amide bonds. The fourth-order valence-electron chi connectivity index (χ4n) is 3.36. The third-order valence-electron chi connectivity index (χ3n) is 4.84. The van der Waals surface area contributed by atoms with E-state index < -0.39 is 0 Å². The largest absolute Gasteiger partial charge is 0.465 e. The lowest BCUT2D eigenvalue weighted by Crippen LogP contribution is -2.53. The lowest BCUT2D eigenvalue weighted by molar-refractivity contribution is 0.0601. The van der Waals surface area contributed by atoms with E-state index >= 15 is 0 Å². The Morgan fingerprint density at radius 3 is 2.47 bits per heavy atom. The van der Waals surface area contributed by atoms with Gasteiger partial charge in [0.2, 0.25) is 0 Å². The quantitative estimate of drug-likeness (QED) is 0.464. The highest BCUT2D eigenvalue weighted by atomic mass is 35.5. The minimum atomic E-state index is -0.373. The summed E-state index contributed by atoms with van der Waals surface area (Å²) >= 11 is 11.2. The zero-order chi connectivity index (χ0) is 21.1. The summed E-state index contributed by atoms with van der Waals surface area (Å²) in [7, 11) is 1.39. The van der Waals surface area contributed by atoms with Crippen LogP contribution in [-0.2, 0) is 9.47 Å². The number of thiocarbonyl (C=S) groups is 1. The Balaban J connectivity index is 1.45. The summed E-state index contributed by atoms with van der Waals surface area (Å²) in [5.41, 5.74) is 3.05. The van der Waals surface area contributed by atoms with E-state index in [1.807, 2.05) is 53.4 Å². The van der Waals surface area contributed by atoms with Gasteiger partial charge in [-0.05, 0) is 60.7 Å². The number of para-hydroxylation sites is 1. The van der Waals surface area contributed by atoms with E-state index in [0.717, 1.165) is 17.1 Å². The van der Waals surface area contributed by atoms with Gasteiger partial charge in [0.05, 0.1) is 37.1 Å². The summed E-state index contributed by atoms with van der Waals surface area (Å²) in [6.07, 6.45) is 3.77. The lowest BCUT2D eigenvalue weighted by atomic mass is 10.1. The number of hydrogen-bond acceptors (Lipinski definition) is 5. The first-order valence-corrected chi connectivity index (χ1v) is 10.2. The zero-order valence-electron chi connectivity index (χ0n) is 16.2. The molecule has 1 aliphatic rings. The average Bonchev–Trinajstić information content (AvgIpc) is 3.25. The molecule has 4 rings (SSSR count). The molecule has 1 aliphatic heterocycles. The van der Waals surface area contributed by atoms with Crippen molar-refractivity contribution in [1.82, 2.24) is 4.57 Å². The lowest BCUT2D eigenvalue weighted by Gasteiger charge is -2.41. The van der Waals surface area contributed by atoms with Gasteiger partial charge in [-0.25, -0.2) is 4.79 Å². The van der Waals surface area contributed by atoms with Gasteiger partial charge in [0.1, 0.15) is 6.10 Å². The third kappa shape index (κ3) is 4.27. The molecule has 3 aromatic rings. The molecular formula is C22H20ClN3O3S. The molecule has 0 unspecified atom stereocenters. The number of ether oxygens (including phenoxy) is 2. The number of benzene rings is 2. The number of esters is 1. The first-order valence-electron chi connectivity index (χ1n) is 9.38. The molecule has 0 radical (unpaired) electrons. The first kappa shape index (κ1) is 20.3. The van der Waals surface area contributed by atoms with Crippen molar-refractivity contribution in [2.24, 2.45) is 0 Å². The molecule has 6 nitrogen and oxygen atoms in total. The molecule has 8 heteroatoms. The highest BCUT2D eigenvalue weighted by Gasteiger charge is 2.32. The topological polar surface area (TPSA) is 55.7 Å². The zero-order valence-corrected chi connectivity index (χ0v) is 17.8. The summed E-state index contributed by atoms with van der Waals surface area (Å²) in [4.78, 5) is 14.5. The number of nitrogens with zero attached hydrogens (tertiary/aromatic N) is 2. The molecule has 30 heavy (non-hydrogen) atoms. The number of halogens is 1. The molecule has 0 aliphatic carbocycles. The van der Waals surface area contributed by atoms with Crippen molar-refractivity contribution in [2.75, 3.05) is 30.4 Å². The Hall–Kier alpha value is -3.03. The molecule has 1 N–H and O–H groups in total. The smallest absolute Gasteiger partial charge is 0.340 e. The Kier molecular flexibility index (Phi) is 5.92. The number of carbonyl (C=O) groups excluding carboxylic acids is 1. The maximum Gasteiger partial charge on any atom is 0.340 e. The van der Waals surface area contributed by atoms with Crippen LogP contribution in [0.3, 0.4) is 0 Å². The van der Waals surface area contributed by atoms with Gasteiger partial charge >= 0.3 is 5.97 Å². The molecule has 1 aromatic heterocycles. The van der Waals surface area contributed by atoms with Gasteiger partial charge in [-0.15, -0.1) is 0 Å². The molecule has 154 valence electrons. The second-order valence-corrected chi connectivity index (χ2v) is 7.63. The predicted molar refractivity (Wildman–Crippen MR) is 122 cm³/mol. The Labute approximate surface area is 185 Å². The number of aromatic nitrogens is 1. The fraction of sp³-hybridized carbons (Fsp3) is 0.182. The van der Waals surface area contributed by atoms with Crippen LogP contribution in [0, 0.1) is 0 Å². The summed E-state index contributed by atoms with van der Waals surface area (Å²) in [6, 6.07) is 16.7. The van der Waals surface area contributed by atoms with Crippen LogP contribution in [-0.4, -0.2) is 42.0 Å². The maximum atomic E-state index is 12.3. The van der Waals surface area contributed by atoms with Crippen LogP contribution < -0.4 is 10.2 Å². The van der Waals surface area contributed by atoms with Crippen LogP contribution in [0.2, 0.25) is 5.02 Å². The van der Waals surface area contributed by atoms with Crippen molar-refractivity contribution in [3.8, 4) is 5.69 Å². The van der Waals surface area contributed by atoms with Gasteiger partial charge in [-0.1, -0.05) is 17.7 Å². The number of anilines is 2. The average molecular weight is 442 g/mol. The minimum Gasteiger partial charge on any atom is -0.465 e. The normalized spacial score (nSPS) is 13.5. The van der Waals surface area contributed by atoms with Crippen molar-refractivity contribution in [2.45, 2.75) is 6.10 Å². The molecule has 0 spiro atoms. The van der Waals surface area contributed by atoms with Gasteiger partial charge < -0.3 is 24.3 Å². The minimum absolute atomic E-state index is 0.0448. The molecule has 0 atom stereocenters. The summed E-state index contributed by atoms with van der Waals surface area (Å²) in [6.45, 7) is 1.31. The van der Waals surface area contributed by atoms with Crippen LogP contribution in [0.5, 0.6) is 0 Å². The highest BCUT2D eigenvalue weighted by Crippen LogP contribution is 2.32. The van der Waals surface area contributed by atoms with Crippen LogP contribution in [0.4, 0.5) is 11.4 Å². The number of nitrogens with one attached hydrogen (secondary N) is 1. The maximum absolute atomic E-state index is 12.3. The van der Waals surface area contributed by atoms with E-state index in [0.29, 0.717) is 28.9 Å². The second-order valence-electron chi connectivity index (χ2n) is 6.82. The van der Waals surface area contributed by atoms with E-state index in [2.05, 4.69) is 10.2 Å². The van der Waals surface area contributed by atoms with Gasteiger partial charge in [0.25, 0.3) is 5.17 Å². The summed E-state index contributed by atoms with van der Waals surface area (Å²) in [5.74, 6) is -0.373. The molecule has 0 bridgehead atoms. The summed E-state index contributed by atoms with van der Waals surface area (Å²) < 4.78 is 12.7. The Bertz CT molecular complexity index is 1050. The van der Waals surface area contributed by atoms with Gasteiger partial charge in [0.15, 0.2) is 0 Å². The van der Waals surface area contributed by atoms with Crippen molar-refractivity contribution in [1.29, 1.82) is 0 Å². The summed E-state index contributed by atoms with van der Waals surface area (Å²) in [5, 5.41) is 4.03. The molecule has 1 saturated heterocycles. The van der Waals surface area contributed by atoms with Gasteiger partial charge in [-0.3, -0.25) is 0 Å². The van der Waals surface area contributed by atoms with Crippen LogP contribution in [0.25, 0.3) is 5.69 Å². The van der Waals surface area contributed by atoms with Crippen molar-refractivity contribution in [3.05, 3.63) is 77.6 Å². The van der Waals surface area contributed by atoms with Crippen molar-refractivity contribution >= 4 is 46.3 Å². The standard InChI is InChI=1S/C22H20ClN3O3S/c1-28-21(27)18-5-4-6-19(20(18)25-11-2-3-12-25)26-13-17(14-26)29-22(30)24-16-9-7-15(23)8-10-16/h2-12,17H,13-14H2,1H3,(H,24,30). The number of methoxy groups -OCH3 is 1. The Morgan fingerprint density at radius 1 is 1.10 bits per heavy atom. The van der Waals surface area contributed by atoms with Crippen LogP contribution >= 0.6 is 23.8 Å². The van der Waals surface area contributed by atoms with Gasteiger partial charge in [0, 0.05) is 23.1 Å². The van der Waals surface area contributed by atoms with Crippen LogP contribution in [0.1, 0.15) is 10.4 Å². The van der Waals surface area contributed by atoms with E-state index in [1.165, 1.54) is 7.11 Å². The number of hydrogen-bond donors (Lipinski definition) is 1. The number of carbonyl (C=O) groups is 1. The van der Waals surface area contributed by atoms with Crippen LogP contribution in [0.15, 0.2) is 67.0 Å². The monoisotopic (exact) mass is 441 g/mol. The van der Waals surface area contributed by atoms with Crippen molar-refractivity contribution in [3.63, 3.8) is 0 Å². The second kappa shape index (κ2) is 8.77. The molecule has 2 heterocycles. The molecule has 2 aromatic carbocycles. The van der Waals surface area contributed by atoms with Crippen molar-refractivity contribution < 1.29 is 14.3 Å². The highest BCUT2D eigenvalue weighted by molar-refractivity contribution is 7.80. The number of rotatable bonds is 5. The van der Waals surface area contributed by atoms with E-state index in [1.54, 1.807) is 18.2 Å². The molecule has 1 fully saturated rings. The Morgan fingerprint density at radius 2 is 1.80 bits per heavy atom. The van der Waals surface area contributed by atoms with E-state index in [-0.39, 0.29) is 12.1 Å². The van der Waals surface area contributed by atoms with Gasteiger partial charge in [-0.2, -0.15) is 0 Å². The SMILES string of the molecule is COC(=O)c1cccc(N2CC(OC(=S)Nc3ccc(Cl)cc3)C2)c1-n1cccc1. The molecule has 0 saturated carbocycles. The fourth-order valence-corrected chi connectivity index (χ4v) is 3.74. The molecular weight excluding hydrogens is 422 g/mol. The predicted octanol–water partition coefficient (Wildman–Crippen LogP) is 4.52. The van der Waals surface area contributed by atoms with E-state index in [4.69, 9.17) is 33.3 Å². The van der Waals surface area contributed by atoms with E-state index in [9.17, 15) is 4.79 Å². The third-order valence-corrected chi connectivity index (χ3v) is 5.29.